The Bertz CT molecular complexity index is 794. The van der Waals surface area contributed by atoms with E-state index >= 15 is 0 Å². The maximum Gasteiger partial charge on any atom is 0.148 e. The lowest BCUT2D eigenvalue weighted by Gasteiger charge is -2.41. The van der Waals surface area contributed by atoms with Crippen LogP contribution in [0.15, 0.2) is 77.8 Å². The van der Waals surface area contributed by atoms with E-state index in [1.165, 1.54) is 16.7 Å². The Hall–Kier alpha value is -2.48. The lowest BCUT2D eigenvalue weighted by Crippen LogP contribution is -2.42. The summed E-state index contributed by atoms with van der Waals surface area (Å²) >= 11 is 0. The van der Waals surface area contributed by atoms with Crippen molar-refractivity contribution in [3.63, 3.8) is 0 Å². The Morgan fingerprint density at radius 2 is 2.00 bits per heavy atom. The zero-order valence-corrected chi connectivity index (χ0v) is 12.2. The monoisotopic (exact) mass is 287 g/mol. The summed E-state index contributed by atoms with van der Waals surface area (Å²) in [5, 5.41) is 3.66. The molecule has 0 radical (unpaired) electrons. The molecule has 0 bridgehead atoms. The van der Waals surface area contributed by atoms with Crippen LogP contribution in [0.3, 0.4) is 0 Å². The summed E-state index contributed by atoms with van der Waals surface area (Å²) in [7, 11) is 0. The van der Waals surface area contributed by atoms with Gasteiger partial charge in [0.1, 0.15) is 11.9 Å². The van der Waals surface area contributed by atoms with Gasteiger partial charge in [0.25, 0.3) is 0 Å². The number of hydrogen-bond donors (Lipinski definition) is 1. The number of morpholine rings is 1. The van der Waals surface area contributed by atoms with Gasteiger partial charge in [0, 0.05) is 17.1 Å². The third-order valence-corrected chi connectivity index (χ3v) is 4.89. The Morgan fingerprint density at radius 1 is 1.05 bits per heavy atom. The first-order chi connectivity index (χ1) is 10.9. The summed E-state index contributed by atoms with van der Waals surface area (Å²) in [6.07, 6.45) is 16.5. The number of allylic oxidation sites excluding steroid dienone is 6. The number of ether oxygens (including phenoxy) is 1. The van der Waals surface area contributed by atoms with Gasteiger partial charge in [0.05, 0.1) is 11.7 Å². The SMILES string of the molecule is C1=CC2=C3OC4c5ccccc5C=CC4NC3=CCC2C=C1. The molecule has 1 aromatic rings. The van der Waals surface area contributed by atoms with Crippen molar-refractivity contribution in [1.82, 2.24) is 5.32 Å². The van der Waals surface area contributed by atoms with Crippen LogP contribution in [0.1, 0.15) is 23.7 Å². The molecule has 0 spiro atoms. The topological polar surface area (TPSA) is 21.3 Å². The van der Waals surface area contributed by atoms with Gasteiger partial charge in [-0.3, -0.25) is 0 Å². The summed E-state index contributed by atoms with van der Waals surface area (Å²) < 4.78 is 6.50. The van der Waals surface area contributed by atoms with Crippen molar-refractivity contribution in [1.29, 1.82) is 0 Å². The molecule has 108 valence electrons. The molecule has 5 rings (SSSR count). The fraction of sp³-hybridized carbons (Fsp3) is 0.200. The maximum atomic E-state index is 6.50. The number of fused-ring (bicyclic) bond motifs is 5. The molecule has 1 saturated heterocycles. The molecule has 0 saturated carbocycles. The molecular weight excluding hydrogens is 270 g/mol. The second-order valence-corrected chi connectivity index (χ2v) is 6.19. The van der Waals surface area contributed by atoms with E-state index in [1.54, 1.807) is 0 Å². The quantitative estimate of drug-likeness (QED) is 0.778. The van der Waals surface area contributed by atoms with Gasteiger partial charge in [-0.1, -0.05) is 66.8 Å². The molecule has 1 N–H and O–H groups in total. The summed E-state index contributed by atoms with van der Waals surface area (Å²) in [5.74, 6) is 1.49. The molecule has 1 aliphatic heterocycles. The van der Waals surface area contributed by atoms with Crippen molar-refractivity contribution < 1.29 is 4.74 Å². The standard InChI is InChI=1S/C20H17NO/c1-3-7-15-13(5-1)9-11-17-19(15)22-20-16-8-4-2-6-14(16)10-12-18(20)21-17/h1-9,11-12,14,17,19,21H,10H2. The molecule has 1 heterocycles. The smallest absolute Gasteiger partial charge is 0.148 e. The van der Waals surface area contributed by atoms with E-state index in [2.05, 4.69) is 72.1 Å². The van der Waals surface area contributed by atoms with E-state index < -0.39 is 0 Å². The van der Waals surface area contributed by atoms with Gasteiger partial charge in [-0.05, 0) is 12.0 Å². The zero-order valence-electron chi connectivity index (χ0n) is 12.2. The molecular formula is C20H17NO. The molecule has 2 heteroatoms. The lowest BCUT2D eigenvalue weighted by atomic mass is 9.83. The van der Waals surface area contributed by atoms with Gasteiger partial charge >= 0.3 is 0 Å². The Labute approximate surface area is 130 Å². The van der Waals surface area contributed by atoms with Crippen molar-refractivity contribution >= 4 is 6.08 Å². The number of benzene rings is 1. The van der Waals surface area contributed by atoms with Crippen LogP contribution in [0, 0.1) is 5.92 Å². The minimum Gasteiger partial charge on any atom is -0.481 e. The summed E-state index contributed by atoms with van der Waals surface area (Å²) in [6, 6.07) is 8.72. The second kappa shape index (κ2) is 4.51. The van der Waals surface area contributed by atoms with Gasteiger partial charge in [-0.15, -0.1) is 0 Å². The fourth-order valence-corrected chi connectivity index (χ4v) is 3.77. The summed E-state index contributed by atoms with van der Waals surface area (Å²) in [4.78, 5) is 0. The molecule has 0 amide bonds. The average Bonchev–Trinajstić information content (AvgIpc) is 2.60. The van der Waals surface area contributed by atoms with Crippen molar-refractivity contribution in [2.45, 2.75) is 18.6 Å². The van der Waals surface area contributed by atoms with Crippen LogP contribution in [-0.4, -0.2) is 6.04 Å². The van der Waals surface area contributed by atoms with E-state index in [0.29, 0.717) is 5.92 Å². The molecule has 2 nitrogen and oxygen atoms in total. The first-order valence-electron chi connectivity index (χ1n) is 7.90. The van der Waals surface area contributed by atoms with Crippen molar-refractivity contribution in [2.75, 3.05) is 0 Å². The van der Waals surface area contributed by atoms with E-state index in [1.807, 2.05) is 0 Å². The summed E-state index contributed by atoms with van der Waals surface area (Å²) in [6.45, 7) is 0. The number of hydrogen-bond acceptors (Lipinski definition) is 2. The van der Waals surface area contributed by atoms with Crippen LogP contribution in [0.25, 0.3) is 6.08 Å². The van der Waals surface area contributed by atoms with Crippen molar-refractivity contribution in [2.24, 2.45) is 5.92 Å². The van der Waals surface area contributed by atoms with Gasteiger partial charge in [-0.25, -0.2) is 0 Å². The lowest BCUT2D eigenvalue weighted by molar-refractivity contribution is 0.0727. The van der Waals surface area contributed by atoms with E-state index in [0.717, 1.165) is 17.9 Å². The Balaban J connectivity index is 1.61. The van der Waals surface area contributed by atoms with Crippen LogP contribution in [0.2, 0.25) is 0 Å². The average molecular weight is 287 g/mol. The van der Waals surface area contributed by atoms with Crippen LogP contribution < -0.4 is 5.32 Å². The van der Waals surface area contributed by atoms with E-state index in [-0.39, 0.29) is 12.1 Å². The predicted octanol–water partition coefficient (Wildman–Crippen LogP) is 4.03. The Morgan fingerprint density at radius 3 is 3.00 bits per heavy atom. The first kappa shape index (κ1) is 12.1. The summed E-state index contributed by atoms with van der Waals surface area (Å²) in [5.41, 5.74) is 4.98. The van der Waals surface area contributed by atoms with Gasteiger partial charge < -0.3 is 10.1 Å². The normalized spacial score (nSPS) is 30.4. The third kappa shape index (κ3) is 1.67. The maximum absolute atomic E-state index is 6.50. The van der Waals surface area contributed by atoms with E-state index in [4.69, 9.17) is 4.74 Å². The Kier molecular flexibility index (Phi) is 2.48. The molecule has 3 atom stereocenters. The van der Waals surface area contributed by atoms with Gasteiger partial charge in [0.2, 0.25) is 0 Å². The highest BCUT2D eigenvalue weighted by atomic mass is 16.5. The highest BCUT2D eigenvalue weighted by molar-refractivity contribution is 5.60. The van der Waals surface area contributed by atoms with Crippen LogP contribution >= 0.6 is 0 Å². The molecule has 3 unspecified atom stereocenters. The molecule has 0 aromatic heterocycles. The number of rotatable bonds is 0. The van der Waals surface area contributed by atoms with Crippen molar-refractivity contribution in [3.05, 3.63) is 88.9 Å². The minimum absolute atomic E-state index is 0.0545. The molecule has 1 aromatic carbocycles. The van der Waals surface area contributed by atoms with Crippen molar-refractivity contribution in [3.8, 4) is 0 Å². The number of nitrogens with one attached hydrogen (secondary N) is 1. The minimum atomic E-state index is 0.0545. The van der Waals surface area contributed by atoms with Crippen LogP contribution in [-0.2, 0) is 4.74 Å². The molecule has 22 heavy (non-hydrogen) atoms. The highest BCUT2D eigenvalue weighted by Crippen LogP contribution is 2.42. The fourth-order valence-electron chi connectivity index (χ4n) is 3.77. The van der Waals surface area contributed by atoms with Gasteiger partial charge in [-0.2, -0.15) is 0 Å². The first-order valence-corrected chi connectivity index (χ1v) is 7.90. The molecule has 4 aliphatic rings. The third-order valence-electron chi connectivity index (χ3n) is 4.89. The van der Waals surface area contributed by atoms with Crippen LogP contribution in [0.4, 0.5) is 0 Å². The largest absolute Gasteiger partial charge is 0.481 e. The second-order valence-electron chi connectivity index (χ2n) is 6.19. The van der Waals surface area contributed by atoms with Gasteiger partial charge in [0.15, 0.2) is 0 Å². The predicted molar refractivity (Wildman–Crippen MR) is 87.7 cm³/mol. The van der Waals surface area contributed by atoms with E-state index in [9.17, 15) is 0 Å². The molecule has 3 aliphatic carbocycles. The zero-order chi connectivity index (χ0) is 14.5. The van der Waals surface area contributed by atoms with Crippen LogP contribution in [0.5, 0.6) is 0 Å². The highest BCUT2D eigenvalue weighted by Gasteiger charge is 2.37. The molecule has 1 fully saturated rings.